The maximum Gasteiger partial charge on any atom is 0.339 e. The molecule has 26 heavy (non-hydrogen) atoms. The van der Waals surface area contributed by atoms with Gasteiger partial charge >= 0.3 is 5.97 Å². The summed E-state index contributed by atoms with van der Waals surface area (Å²) in [4.78, 5) is 41.9. The Kier molecular flexibility index (Phi) is 6.83. The van der Waals surface area contributed by atoms with E-state index in [1.165, 1.54) is 7.11 Å². The quantitative estimate of drug-likeness (QED) is 0.757. The van der Waals surface area contributed by atoms with Gasteiger partial charge in [-0.25, -0.2) is 4.79 Å². The number of nitrogens with one attached hydrogen (secondary N) is 2. The Hall–Kier alpha value is -2.31. The van der Waals surface area contributed by atoms with Gasteiger partial charge in [0.25, 0.3) is 5.91 Å². The third-order valence-corrected chi connectivity index (χ3v) is 4.99. The number of nitrogens with zero attached hydrogens (tertiary/aromatic N) is 1. The van der Waals surface area contributed by atoms with Crippen LogP contribution in [-0.4, -0.2) is 54.4 Å². The van der Waals surface area contributed by atoms with Crippen molar-refractivity contribution in [3.63, 3.8) is 0 Å². The van der Waals surface area contributed by atoms with Gasteiger partial charge in [-0.1, -0.05) is 13.8 Å². The van der Waals surface area contributed by atoms with Crippen molar-refractivity contribution in [2.75, 3.05) is 26.7 Å². The molecule has 0 radical (unpaired) electrons. The number of piperidine rings is 1. The van der Waals surface area contributed by atoms with Crippen LogP contribution in [0.2, 0.25) is 0 Å². The van der Waals surface area contributed by atoms with Gasteiger partial charge in [-0.2, -0.15) is 0 Å². The fourth-order valence-corrected chi connectivity index (χ4v) is 3.41. The lowest BCUT2D eigenvalue weighted by Crippen LogP contribution is -2.43. The SMILES string of the molecule is CCCNC(=O)C1CCN(C(=O)c2[nH]c(CC)c(C(=O)OC)c2C)CC1. The summed E-state index contributed by atoms with van der Waals surface area (Å²) in [6.07, 6.45) is 2.84. The van der Waals surface area contributed by atoms with Crippen molar-refractivity contribution < 1.29 is 19.1 Å². The van der Waals surface area contributed by atoms with Gasteiger partial charge in [-0.05, 0) is 38.2 Å². The van der Waals surface area contributed by atoms with Crippen LogP contribution in [0.5, 0.6) is 0 Å². The molecule has 2 rings (SSSR count). The van der Waals surface area contributed by atoms with E-state index in [9.17, 15) is 14.4 Å². The molecule has 1 aliphatic rings. The van der Waals surface area contributed by atoms with Gasteiger partial charge in [-0.15, -0.1) is 0 Å². The molecule has 2 amide bonds. The molecule has 0 atom stereocenters. The number of rotatable bonds is 6. The molecule has 0 bridgehead atoms. The number of hydrogen-bond donors (Lipinski definition) is 2. The third-order valence-electron chi connectivity index (χ3n) is 4.99. The Labute approximate surface area is 154 Å². The van der Waals surface area contributed by atoms with Crippen molar-refractivity contribution in [1.29, 1.82) is 0 Å². The summed E-state index contributed by atoms with van der Waals surface area (Å²) in [5.74, 6) is -0.510. The Bertz CT molecular complexity index is 673. The monoisotopic (exact) mass is 363 g/mol. The first-order valence-corrected chi connectivity index (χ1v) is 9.31. The van der Waals surface area contributed by atoms with Gasteiger partial charge in [-0.3, -0.25) is 9.59 Å². The second-order valence-corrected chi connectivity index (χ2v) is 6.68. The van der Waals surface area contributed by atoms with Crippen LogP contribution in [0.25, 0.3) is 0 Å². The third kappa shape index (κ3) is 4.08. The zero-order valence-corrected chi connectivity index (χ0v) is 16.1. The van der Waals surface area contributed by atoms with E-state index in [0.29, 0.717) is 61.4 Å². The van der Waals surface area contributed by atoms with E-state index < -0.39 is 5.97 Å². The molecule has 0 saturated carbocycles. The minimum atomic E-state index is -0.430. The van der Waals surface area contributed by atoms with E-state index in [1.54, 1.807) is 11.8 Å². The summed E-state index contributed by atoms with van der Waals surface area (Å²) in [7, 11) is 1.34. The second kappa shape index (κ2) is 8.87. The van der Waals surface area contributed by atoms with Crippen LogP contribution >= 0.6 is 0 Å². The van der Waals surface area contributed by atoms with Gasteiger partial charge in [0.05, 0.1) is 12.7 Å². The van der Waals surface area contributed by atoms with E-state index in [-0.39, 0.29) is 17.7 Å². The number of esters is 1. The summed E-state index contributed by atoms with van der Waals surface area (Å²) in [5, 5.41) is 2.92. The van der Waals surface area contributed by atoms with Crippen LogP contribution in [0.1, 0.15) is 65.2 Å². The van der Waals surface area contributed by atoms with Crippen LogP contribution < -0.4 is 5.32 Å². The molecule has 0 aliphatic carbocycles. The van der Waals surface area contributed by atoms with Crippen molar-refractivity contribution in [2.45, 2.75) is 46.5 Å². The minimum Gasteiger partial charge on any atom is -0.465 e. The average Bonchev–Trinajstić information content (AvgIpc) is 3.01. The molecule has 1 aromatic rings. The zero-order valence-electron chi connectivity index (χ0n) is 16.1. The lowest BCUT2D eigenvalue weighted by molar-refractivity contribution is -0.126. The largest absolute Gasteiger partial charge is 0.465 e. The number of aromatic amines is 1. The topological polar surface area (TPSA) is 91.5 Å². The van der Waals surface area contributed by atoms with Crippen molar-refractivity contribution in [1.82, 2.24) is 15.2 Å². The molecular formula is C19H29N3O4. The summed E-state index contributed by atoms with van der Waals surface area (Å²) in [6.45, 7) is 7.47. The molecule has 1 aliphatic heterocycles. The Morgan fingerprint density at radius 2 is 1.88 bits per heavy atom. The van der Waals surface area contributed by atoms with Gasteiger partial charge < -0.3 is 19.9 Å². The predicted molar refractivity (Wildman–Crippen MR) is 98.2 cm³/mol. The number of H-pyrrole nitrogens is 1. The second-order valence-electron chi connectivity index (χ2n) is 6.68. The van der Waals surface area contributed by atoms with Crippen molar-refractivity contribution >= 4 is 17.8 Å². The Morgan fingerprint density at radius 3 is 2.42 bits per heavy atom. The summed E-state index contributed by atoms with van der Waals surface area (Å²) < 4.78 is 4.84. The molecule has 2 heterocycles. The van der Waals surface area contributed by atoms with E-state index in [1.807, 2.05) is 13.8 Å². The molecule has 1 saturated heterocycles. The minimum absolute atomic E-state index is 0.0350. The molecule has 1 aromatic heterocycles. The number of hydrogen-bond acceptors (Lipinski definition) is 4. The first-order valence-electron chi connectivity index (χ1n) is 9.31. The van der Waals surface area contributed by atoms with Crippen LogP contribution in [0.15, 0.2) is 0 Å². The van der Waals surface area contributed by atoms with E-state index >= 15 is 0 Å². The molecule has 0 aromatic carbocycles. The van der Waals surface area contributed by atoms with E-state index in [0.717, 1.165) is 6.42 Å². The van der Waals surface area contributed by atoms with Gasteiger partial charge in [0.15, 0.2) is 0 Å². The molecule has 144 valence electrons. The summed E-state index contributed by atoms with van der Waals surface area (Å²) in [5.41, 5.74) is 2.23. The lowest BCUT2D eigenvalue weighted by Gasteiger charge is -2.31. The highest BCUT2D eigenvalue weighted by atomic mass is 16.5. The maximum absolute atomic E-state index is 12.9. The number of aryl methyl sites for hydroxylation is 1. The molecule has 7 nitrogen and oxygen atoms in total. The number of methoxy groups -OCH3 is 1. The number of aromatic nitrogens is 1. The highest BCUT2D eigenvalue weighted by Gasteiger charge is 2.31. The fraction of sp³-hybridized carbons (Fsp3) is 0.632. The number of carbonyl (C=O) groups excluding carboxylic acids is 3. The number of ether oxygens (including phenoxy) is 1. The Morgan fingerprint density at radius 1 is 1.23 bits per heavy atom. The molecule has 0 unspecified atom stereocenters. The number of amides is 2. The van der Waals surface area contributed by atoms with Gasteiger partial charge in [0.2, 0.25) is 5.91 Å². The lowest BCUT2D eigenvalue weighted by atomic mass is 9.95. The summed E-state index contributed by atoms with van der Waals surface area (Å²) in [6, 6.07) is 0. The van der Waals surface area contributed by atoms with Crippen LogP contribution in [0.4, 0.5) is 0 Å². The van der Waals surface area contributed by atoms with Gasteiger partial charge in [0.1, 0.15) is 5.69 Å². The predicted octanol–water partition coefficient (Wildman–Crippen LogP) is 2.05. The molecular weight excluding hydrogens is 334 g/mol. The molecule has 2 N–H and O–H groups in total. The highest BCUT2D eigenvalue weighted by Crippen LogP contribution is 2.24. The van der Waals surface area contributed by atoms with Crippen molar-refractivity contribution in [3.8, 4) is 0 Å². The summed E-state index contributed by atoms with van der Waals surface area (Å²) >= 11 is 0. The standard InChI is InChI=1S/C19H29N3O4/c1-5-9-20-17(23)13-7-10-22(11-8-13)18(24)16-12(3)15(19(25)26-4)14(6-2)21-16/h13,21H,5-11H2,1-4H3,(H,20,23). The highest BCUT2D eigenvalue weighted by molar-refractivity contribution is 6.00. The zero-order chi connectivity index (χ0) is 19.3. The molecule has 1 fully saturated rings. The normalized spacial score (nSPS) is 15.0. The number of carbonyl (C=O) groups is 3. The van der Waals surface area contributed by atoms with Crippen molar-refractivity contribution in [3.05, 3.63) is 22.5 Å². The fourth-order valence-electron chi connectivity index (χ4n) is 3.41. The van der Waals surface area contributed by atoms with Crippen LogP contribution in [-0.2, 0) is 16.0 Å². The van der Waals surface area contributed by atoms with E-state index in [4.69, 9.17) is 4.74 Å². The first kappa shape index (κ1) is 20.0. The van der Waals surface area contributed by atoms with Gasteiger partial charge in [0, 0.05) is 31.2 Å². The molecule has 0 spiro atoms. The Balaban J connectivity index is 2.08. The van der Waals surface area contributed by atoms with Crippen LogP contribution in [0, 0.1) is 12.8 Å². The van der Waals surface area contributed by atoms with Crippen molar-refractivity contribution in [2.24, 2.45) is 5.92 Å². The molecule has 7 heteroatoms. The average molecular weight is 363 g/mol. The first-order chi connectivity index (χ1) is 12.4. The smallest absolute Gasteiger partial charge is 0.339 e. The van der Waals surface area contributed by atoms with E-state index in [2.05, 4.69) is 10.3 Å². The maximum atomic E-state index is 12.9. The number of likely N-dealkylation sites (tertiary alicyclic amines) is 1. The van der Waals surface area contributed by atoms with Crippen LogP contribution in [0.3, 0.4) is 0 Å².